The van der Waals surface area contributed by atoms with Crippen LogP contribution >= 0.6 is 12.2 Å². The Balaban J connectivity index is 2.36. The predicted molar refractivity (Wildman–Crippen MR) is 77.6 cm³/mol. The van der Waals surface area contributed by atoms with Gasteiger partial charge in [-0.3, -0.25) is 0 Å². The summed E-state index contributed by atoms with van der Waals surface area (Å²) >= 11 is 4.71. The summed E-state index contributed by atoms with van der Waals surface area (Å²) in [5, 5.41) is 3.78. The van der Waals surface area contributed by atoms with Crippen molar-refractivity contribution < 1.29 is 30.7 Å². The first-order valence-electron chi connectivity index (χ1n) is 6.19. The van der Waals surface area contributed by atoms with E-state index >= 15 is 0 Å². The summed E-state index contributed by atoms with van der Waals surface area (Å²) in [6.07, 6.45) is -5.60. The third-order valence-corrected chi connectivity index (χ3v) is 3.02. The second-order valence-corrected chi connectivity index (χ2v) is 4.86. The van der Waals surface area contributed by atoms with Gasteiger partial charge in [-0.15, -0.1) is 0 Å². The van der Waals surface area contributed by atoms with Crippen molar-refractivity contribution in [1.82, 2.24) is 0 Å². The van der Waals surface area contributed by atoms with Crippen molar-refractivity contribution in [3.05, 3.63) is 59.2 Å². The second kappa shape index (κ2) is 6.63. The molecule has 2 nitrogen and oxygen atoms in total. The van der Waals surface area contributed by atoms with Crippen molar-refractivity contribution in [2.45, 2.75) is 6.18 Å². The molecule has 0 aliphatic carbocycles. The lowest BCUT2D eigenvalue weighted by atomic mass is 10.1. The van der Waals surface area contributed by atoms with E-state index in [9.17, 15) is 30.7 Å². The number of anilines is 2. The van der Waals surface area contributed by atoms with Crippen molar-refractivity contribution in [2.75, 3.05) is 10.6 Å². The summed E-state index contributed by atoms with van der Waals surface area (Å²) < 4.78 is 91.8. The maximum Gasteiger partial charge on any atom is 0.422 e. The number of thiocarbonyl (C=S) groups is 1. The molecule has 0 spiro atoms. The first-order valence-corrected chi connectivity index (χ1v) is 6.60. The molecular formula is C14H7F7N2S. The van der Waals surface area contributed by atoms with E-state index in [0.29, 0.717) is 5.69 Å². The van der Waals surface area contributed by atoms with Crippen LogP contribution < -0.4 is 10.6 Å². The van der Waals surface area contributed by atoms with Crippen LogP contribution in [0.5, 0.6) is 0 Å². The number of rotatable bonds is 2. The van der Waals surface area contributed by atoms with Gasteiger partial charge in [-0.25, -0.2) is 17.6 Å². The molecule has 0 aliphatic heterocycles. The second-order valence-electron chi connectivity index (χ2n) is 4.45. The maximum absolute atomic E-state index is 13.7. The number of halogens is 7. The Morgan fingerprint density at radius 2 is 1.29 bits per heavy atom. The average Bonchev–Trinajstić information content (AvgIpc) is 2.49. The van der Waals surface area contributed by atoms with Gasteiger partial charge in [0.1, 0.15) is 11.3 Å². The van der Waals surface area contributed by atoms with Gasteiger partial charge in [0.05, 0.1) is 0 Å². The standard InChI is InChI=1S/C14H7F7N2S/c15-8-7(14(19,20)21)9(16)11(18)12(10(8)17)23-13(24)22-6-4-2-1-3-5-6/h1-5H,(H2,22,23,24). The molecule has 0 heterocycles. The minimum atomic E-state index is -5.60. The lowest BCUT2D eigenvalue weighted by Crippen LogP contribution is -2.23. The molecule has 0 unspecified atom stereocenters. The van der Waals surface area contributed by atoms with Crippen LogP contribution in [0.25, 0.3) is 0 Å². The van der Waals surface area contributed by atoms with E-state index in [1.54, 1.807) is 18.2 Å². The molecule has 0 saturated carbocycles. The van der Waals surface area contributed by atoms with Gasteiger partial charge in [-0.1, -0.05) is 18.2 Å². The fourth-order valence-electron chi connectivity index (χ4n) is 1.79. The molecule has 24 heavy (non-hydrogen) atoms. The SMILES string of the molecule is Fc1c(F)c(C(F)(F)F)c(F)c(F)c1NC(=S)Nc1ccccc1. The molecule has 2 rings (SSSR count). The Morgan fingerprint density at radius 1 is 0.792 bits per heavy atom. The number of nitrogens with one attached hydrogen (secondary N) is 2. The van der Waals surface area contributed by atoms with E-state index in [4.69, 9.17) is 12.2 Å². The van der Waals surface area contributed by atoms with Crippen LogP contribution in [-0.4, -0.2) is 5.11 Å². The van der Waals surface area contributed by atoms with E-state index in [0.717, 1.165) is 0 Å². The molecule has 0 amide bonds. The summed E-state index contributed by atoms with van der Waals surface area (Å²) in [5.41, 5.74) is -3.74. The highest BCUT2D eigenvalue weighted by molar-refractivity contribution is 7.80. The van der Waals surface area contributed by atoms with Crippen LogP contribution in [0, 0.1) is 23.3 Å². The molecule has 0 atom stereocenters. The molecule has 0 aromatic heterocycles. The highest BCUT2D eigenvalue weighted by atomic mass is 32.1. The minimum Gasteiger partial charge on any atom is -0.332 e. The fourth-order valence-corrected chi connectivity index (χ4v) is 2.01. The van der Waals surface area contributed by atoms with Crippen molar-refractivity contribution in [3.63, 3.8) is 0 Å². The van der Waals surface area contributed by atoms with E-state index in [2.05, 4.69) is 5.32 Å². The van der Waals surface area contributed by atoms with Crippen LogP contribution in [0.4, 0.5) is 42.1 Å². The Kier molecular flexibility index (Phi) is 4.97. The molecule has 0 radical (unpaired) electrons. The zero-order valence-corrected chi connectivity index (χ0v) is 12.3. The van der Waals surface area contributed by atoms with Gasteiger partial charge >= 0.3 is 6.18 Å². The summed E-state index contributed by atoms with van der Waals surface area (Å²) in [5.74, 6) is -9.60. The lowest BCUT2D eigenvalue weighted by Gasteiger charge is -2.16. The van der Waals surface area contributed by atoms with Gasteiger partial charge in [0.25, 0.3) is 0 Å². The maximum atomic E-state index is 13.7. The topological polar surface area (TPSA) is 24.1 Å². The minimum absolute atomic E-state index is 0.378. The largest absolute Gasteiger partial charge is 0.422 e. The molecule has 0 saturated heterocycles. The van der Waals surface area contributed by atoms with Crippen LogP contribution in [0.2, 0.25) is 0 Å². The molecule has 128 valence electrons. The Labute approximate surface area is 136 Å². The normalized spacial score (nSPS) is 11.3. The molecule has 0 fully saturated rings. The molecule has 2 aromatic rings. The zero-order chi connectivity index (χ0) is 18.1. The lowest BCUT2D eigenvalue weighted by molar-refractivity contribution is -0.143. The van der Waals surface area contributed by atoms with Gasteiger partial charge in [-0.2, -0.15) is 13.2 Å². The van der Waals surface area contributed by atoms with Gasteiger partial charge in [0.2, 0.25) is 0 Å². The zero-order valence-electron chi connectivity index (χ0n) is 11.4. The third kappa shape index (κ3) is 3.58. The summed E-state index contributed by atoms with van der Waals surface area (Å²) in [6, 6.07) is 7.91. The number of para-hydroxylation sites is 1. The van der Waals surface area contributed by atoms with Crippen LogP contribution in [-0.2, 0) is 6.18 Å². The molecule has 2 N–H and O–H groups in total. The molecule has 2 aromatic carbocycles. The summed E-state index contributed by atoms with van der Waals surface area (Å²) in [6.45, 7) is 0. The molecule has 10 heteroatoms. The van der Waals surface area contributed by atoms with Gasteiger partial charge in [-0.05, 0) is 24.4 Å². The van der Waals surface area contributed by atoms with Gasteiger partial charge in [0.15, 0.2) is 28.4 Å². The van der Waals surface area contributed by atoms with Gasteiger partial charge < -0.3 is 10.6 Å². The quantitative estimate of drug-likeness (QED) is 0.440. The highest BCUT2D eigenvalue weighted by Crippen LogP contribution is 2.38. The van der Waals surface area contributed by atoms with E-state index in [1.807, 2.05) is 5.32 Å². The van der Waals surface area contributed by atoms with Crippen LogP contribution in [0.1, 0.15) is 5.56 Å². The van der Waals surface area contributed by atoms with Crippen molar-refractivity contribution in [1.29, 1.82) is 0 Å². The Bertz CT molecular complexity index is 746. The van der Waals surface area contributed by atoms with Crippen molar-refractivity contribution in [2.24, 2.45) is 0 Å². The highest BCUT2D eigenvalue weighted by Gasteiger charge is 2.42. The number of hydrogen-bond acceptors (Lipinski definition) is 1. The first-order chi connectivity index (χ1) is 11.1. The third-order valence-electron chi connectivity index (χ3n) is 2.82. The summed E-state index contributed by atoms with van der Waals surface area (Å²) in [7, 11) is 0. The van der Waals surface area contributed by atoms with Crippen LogP contribution in [0.3, 0.4) is 0 Å². The average molecular weight is 368 g/mol. The summed E-state index contributed by atoms with van der Waals surface area (Å²) in [4.78, 5) is 0. The van der Waals surface area contributed by atoms with E-state index in [-0.39, 0.29) is 0 Å². The Morgan fingerprint density at radius 3 is 1.75 bits per heavy atom. The first kappa shape index (κ1) is 18.0. The monoisotopic (exact) mass is 368 g/mol. The van der Waals surface area contributed by atoms with Gasteiger partial charge in [0, 0.05) is 5.69 Å². The van der Waals surface area contributed by atoms with Crippen molar-refractivity contribution >= 4 is 28.7 Å². The fraction of sp³-hybridized carbons (Fsp3) is 0.0714. The Hall–Kier alpha value is -2.36. The van der Waals surface area contributed by atoms with E-state index < -0.39 is 45.8 Å². The molecule has 0 aliphatic rings. The number of hydrogen-bond donors (Lipinski definition) is 2. The number of benzene rings is 2. The van der Waals surface area contributed by atoms with E-state index in [1.165, 1.54) is 12.1 Å². The molecule has 0 bridgehead atoms. The molecular weight excluding hydrogens is 361 g/mol. The van der Waals surface area contributed by atoms with Crippen LogP contribution in [0.15, 0.2) is 30.3 Å². The predicted octanol–water partition coefficient (Wildman–Crippen LogP) is 5.07. The smallest absolute Gasteiger partial charge is 0.332 e. The number of alkyl halides is 3. The van der Waals surface area contributed by atoms with Crippen molar-refractivity contribution in [3.8, 4) is 0 Å².